The van der Waals surface area contributed by atoms with E-state index in [4.69, 9.17) is 9.78 Å². The van der Waals surface area contributed by atoms with Crippen molar-refractivity contribution in [3.8, 4) is 0 Å². The molecule has 2 unspecified atom stereocenters. The van der Waals surface area contributed by atoms with Gasteiger partial charge in [0.05, 0.1) is 0 Å². The fourth-order valence-corrected chi connectivity index (χ4v) is 3.37. The van der Waals surface area contributed by atoms with Crippen molar-refractivity contribution in [1.82, 2.24) is 0 Å². The lowest BCUT2D eigenvalue weighted by Gasteiger charge is -2.37. The molecule has 0 aromatic heterocycles. The lowest BCUT2D eigenvalue weighted by Crippen LogP contribution is -2.33. The van der Waals surface area contributed by atoms with E-state index in [-0.39, 0.29) is 17.5 Å². The molecule has 2 atom stereocenters. The number of unbranched alkanes of at least 4 members (excludes halogenated alkanes) is 4. The van der Waals surface area contributed by atoms with Gasteiger partial charge in [-0.1, -0.05) is 53.4 Å². The minimum Gasteiger partial charge on any atom is -0.298 e. The Morgan fingerprint density at radius 1 is 1.15 bits per heavy atom. The molecule has 1 saturated carbocycles. The van der Waals surface area contributed by atoms with Gasteiger partial charge in [0.25, 0.3) is 0 Å². The average molecular weight is 284 g/mol. The van der Waals surface area contributed by atoms with Crippen LogP contribution in [-0.4, -0.2) is 12.1 Å². The Kier molecular flexibility index (Phi) is 7.57. The van der Waals surface area contributed by atoms with Gasteiger partial charge in [0.1, 0.15) is 6.10 Å². The van der Waals surface area contributed by atoms with E-state index in [0.717, 1.165) is 25.7 Å². The second kappa shape index (κ2) is 8.66. The van der Waals surface area contributed by atoms with E-state index in [1.807, 2.05) is 0 Å². The molecule has 1 aliphatic carbocycles. The smallest absolute Gasteiger partial charge is 0.298 e. The first-order chi connectivity index (χ1) is 9.43. The van der Waals surface area contributed by atoms with E-state index >= 15 is 0 Å². The zero-order chi connectivity index (χ0) is 15.0. The van der Waals surface area contributed by atoms with Crippen LogP contribution < -0.4 is 0 Å². The van der Waals surface area contributed by atoms with Crippen molar-refractivity contribution in [3.05, 3.63) is 0 Å². The summed E-state index contributed by atoms with van der Waals surface area (Å²) in [5.74, 6) is 0.425. The van der Waals surface area contributed by atoms with Gasteiger partial charge in [0, 0.05) is 6.42 Å². The molecule has 0 spiro atoms. The minimum absolute atomic E-state index is 0.0674. The summed E-state index contributed by atoms with van der Waals surface area (Å²) >= 11 is 0. The Balaban J connectivity index is 2.14. The molecule has 0 bridgehead atoms. The maximum Gasteiger partial charge on any atom is 0.342 e. The summed E-state index contributed by atoms with van der Waals surface area (Å²) in [6, 6.07) is 0. The first-order valence-electron chi connectivity index (χ1n) is 8.29. The van der Waals surface area contributed by atoms with Crippen molar-refractivity contribution >= 4 is 5.97 Å². The van der Waals surface area contributed by atoms with Gasteiger partial charge in [-0.15, -0.1) is 0 Å². The summed E-state index contributed by atoms with van der Waals surface area (Å²) in [7, 11) is 0. The molecule has 0 radical (unpaired) electrons. The number of carbonyl (C=O) groups excluding carboxylic acids is 1. The van der Waals surface area contributed by atoms with Gasteiger partial charge >= 0.3 is 5.97 Å². The van der Waals surface area contributed by atoms with Crippen LogP contribution >= 0.6 is 0 Å². The van der Waals surface area contributed by atoms with Crippen LogP contribution in [-0.2, 0) is 14.6 Å². The molecule has 1 fully saturated rings. The van der Waals surface area contributed by atoms with Gasteiger partial charge in [-0.05, 0) is 37.0 Å². The summed E-state index contributed by atoms with van der Waals surface area (Å²) in [6.07, 6.45) is 9.44. The van der Waals surface area contributed by atoms with Gasteiger partial charge in [-0.25, -0.2) is 4.79 Å². The topological polar surface area (TPSA) is 35.5 Å². The molecular formula is C17H32O3. The molecule has 1 rings (SSSR count). The Morgan fingerprint density at radius 3 is 2.50 bits per heavy atom. The Bertz CT molecular complexity index is 286. The summed E-state index contributed by atoms with van der Waals surface area (Å²) in [5.41, 5.74) is 0.287. The highest BCUT2D eigenvalue weighted by Crippen LogP contribution is 2.39. The minimum atomic E-state index is -0.211. The normalized spacial score (nSPS) is 25.4. The molecule has 1 aliphatic rings. The molecule has 0 aromatic rings. The molecule has 20 heavy (non-hydrogen) atoms. The van der Waals surface area contributed by atoms with Gasteiger partial charge in [-0.3, -0.25) is 4.89 Å². The van der Waals surface area contributed by atoms with Crippen LogP contribution in [0.1, 0.15) is 85.5 Å². The number of hydrogen-bond acceptors (Lipinski definition) is 3. The Hall–Kier alpha value is -0.570. The molecule has 0 heterocycles. The third-order valence-corrected chi connectivity index (χ3v) is 4.11. The lowest BCUT2D eigenvalue weighted by molar-refractivity contribution is -0.308. The average Bonchev–Trinajstić information content (AvgIpc) is 2.34. The van der Waals surface area contributed by atoms with E-state index in [0.29, 0.717) is 12.3 Å². The summed E-state index contributed by atoms with van der Waals surface area (Å²) < 4.78 is 0. The van der Waals surface area contributed by atoms with Gasteiger partial charge < -0.3 is 0 Å². The van der Waals surface area contributed by atoms with Crippen molar-refractivity contribution in [2.45, 2.75) is 91.6 Å². The third-order valence-electron chi connectivity index (χ3n) is 4.11. The first-order valence-corrected chi connectivity index (χ1v) is 8.29. The number of carbonyl (C=O) groups is 1. The number of hydrogen-bond donors (Lipinski definition) is 0. The summed E-state index contributed by atoms with van der Waals surface area (Å²) in [4.78, 5) is 22.0. The standard InChI is InChI=1S/C17H32O3/c1-5-6-7-8-9-10-16(18)20-19-15-11-14(2)12-17(3,4)13-15/h14-15H,5-13H2,1-4H3. The predicted octanol–water partition coefficient (Wildman–Crippen LogP) is 5.04. The summed E-state index contributed by atoms with van der Waals surface area (Å²) in [5, 5.41) is 0. The van der Waals surface area contributed by atoms with Crippen LogP contribution in [0.4, 0.5) is 0 Å². The van der Waals surface area contributed by atoms with Crippen molar-refractivity contribution in [2.75, 3.05) is 0 Å². The van der Waals surface area contributed by atoms with Gasteiger partial charge in [0.2, 0.25) is 0 Å². The van der Waals surface area contributed by atoms with Crippen LogP contribution in [0.15, 0.2) is 0 Å². The number of rotatable bonds is 8. The Morgan fingerprint density at radius 2 is 1.85 bits per heavy atom. The highest BCUT2D eigenvalue weighted by atomic mass is 17.2. The first kappa shape index (κ1) is 17.5. The SMILES string of the molecule is CCCCCCCC(=O)OOC1CC(C)CC(C)(C)C1. The van der Waals surface area contributed by atoms with Crippen LogP contribution in [0.25, 0.3) is 0 Å². The van der Waals surface area contributed by atoms with Crippen molar-refractivity contribution in [2.24, 2.45) is 11.3 Å². The molecular weight excluding hydrogens is 252 g/mol. The lowest BCUT2D eigenvalue weighted by atomic mass is 9.71. The maximum absolute atomic E-state index is 11.6. The highest BCUT2D eigenvalue weighted by Gasteiger charge is 2.33. The van der Waals surface area contributed by atoms with Crippen molar-refractivity contribution < 1.29 is 14.6 Å². The molecule has 0 saturated heterocycles. The van der Waals surface area contributed by atoms with E-state index in [1.54, 1.807) is 0 Å². The molecule has 0 amide bonds. The van der Waals surface area contributed by atoms with Crippen LogP contribution in [0.5, 0.6) is 0 Å². The molecule has 0 aromatic carbocycles. The molecule has 0 N–H and O–H groups in total. The van der Waals surface area contributed by atoms with Gasteiger partial charge in [-0.2, -0.15) is 4.89 Å². The van der Waals surface area contributed by atoms with Crippen LogP contribution in [0, 0.1) is 11.3 Å². The van der Waals surface area contributed by atoms with E-state index in [9.17, 15) is 4.79 Å². The van der Waals surface area contributed by atoms with Crippen molar-refractivity contribution in [1.29, 1.82) is 0 Å². The molecule has 118 valence electrons. The second-order valence-electron chi connectivity index (χ2n) is 7.25. The largest absolute Gasteiger partial charge is 0.342 e. The second-order valence-corrected chi connectivity index (χ2v) is 7.25. The van der Waals surface area contributed by atoms with E-state index in [2.05, 4.69) is 27.7 Å². The zero-order valence-electron chi connectivity index (χ0n) is 13.7. The van der Waals surface area contributed by atoms with E-state index in [1.165, 1.54) is 25.7 Å². The van der Waals surface area contributed by atoms with Gasteiger partial charge in [0.15, 0.2) is 0 Å². The molecule has 0 aliphatic heterocycles. The summed E-state index contributed by atoms with van der Waals surface area (Å²) in [6.45, 7) is 8.95. The Labute approximate surface area is 124 Å². The predicted molar refractivity (Wildman–Crippen MR) is 81.1 cm³/mol. The maximum atomic E-state index is 11.6. The van der Waals surface area contributed by atoms with Crippen LogP contribution in [0.3, 0.4) is 0 Å². The third kappa shape index (κ3) is 7.28. The van der Waals surface area contributed by atoms with E-state index < -0.39 is 0 Å². The monoisotopic (exact) mass is 284 g/mol. The fourth-order valence-electron chi connectivity index (χ4n) is 3.37. The quantitative estimate of drug-likeness (QED) is 0.356. The fraction of sp³-hybridized carbons (Fsp3) is 0.941. The molecule has 3 heteroatoms. The molecule has 3 nitrogen and oxygen atoms in total. The zero-order valence-corrected chi connectivity index (χ0v) is 13.7. The van der Waals surface area contributed by atoms with Crippen LogP contribution in [0.2, 0.25) is 0 Å². The van der Waals surface area contributed by atoms with Crippen molar-refractivity contribution in [3.63, 3.8) is 0 Å². The highest BCUT2D eigenvalue weighted by molar-refractivity contribution is 5.68.